The second-order valence-electron chi connectivity index (χ2n) is 24.6. The van der Waals surface area contributed by atoms with E-state index in [-0.39, 0.29) is 130 Å². The van der Waals surface area contributed by atoms with Crippen LogP contribution in [0.2, 0.25) is 0 Å². The van der Waals surface area contributed by atoms with Crippen molar-refractivity contribution in [1.82, 2.24) is 10.3 Å². The molecule has 0 aromatic carbocycles. The normalized spacial score (nSPS) is 44.4. The van der Waals surface area contributed by atoms with Crippen molar-refractivity contribution < 1.29 is 54.9 Å². The Morgan fingerprint density at radius 1 is 0.973 bits per heavy atom. The zero-order valence-corrected chi connectivity index (χ0v) is 43.3. The van der Waals surface area contributed by atoms with Crippen LogP contribution >= 0.6 is 0 Å². The van der Waals surface area contributed by atoms with Gasteiger partial charge in [-0.05, 0) is 168 Å². The Morgan fingerprint density at radius 2 is 1.75 bits per heavy atom. The van der Waals surface area contributed by atoms with E-state index in [4.69, 9.17) is 16.2 Å². The monoisotopic (exact) mass is 1010 g/mol. The van der Waals surface area contributed by atoms with Crippen LogP contribution in [0.15, 0.2) is 46.4 Å². The molecule has 5 fully saturated rings. The lowest BCUT2D eigenvalue weighted by atomic mass is 9.44. The summed E-state index contributed by atoms with van der Waals surface area (Å²) in [6.07, 6.45) is 8.14. The maximum atomic E-state index is 15.2. The van der Waals surface area contributed by atoms with Crippen molar-refractivity contribution in [2.75, 3.05) is 32.9 Å². The lowest BCUT2D eigenvalue weighted by molar-refractivity contribution is -0.192. The summed E-state index contributed by atoms with van der Waals surface area (Å²) in [5.41, 5.74) is 8.55. The van der Waals surface area contributed by atoms with Crippen molar-refractivity contribution in [2.45, 2.75) is 153 Å². The Hall–Kier alpha value is -4.08. The number of fused-ring (bicyclic) bond motifs is 10. The number of hydrogen-bond donors (Lipinski definition) is 11. The minimum atomic E-state index is -1.97. The summed E-state index contributed by atoms with van der Waals surface area (Å²) < 4.78 is 5.94. The van der Waals surface area contributed by atoms with Crippen LogP contribution in [0, 0.1) is 93.7 Å². The highest BCUT2D eigenvalue weighted by molar-refractivity contribution is 6.00. The van der Waals surface area contributed by atoms with Crippen LogP contribution in [0.3, 0.4) is 0 Å². The number of rotatable bonds is 12. The fourth-order valence-corrected chi connectivity index (χ4v) is 17.2. The van der Waals surface area contributed by atoms with Crippen molar-refractivity contribution in [3.8, 4) is 11.8 Å². The van der Waals surface area contributed by atoms with Gasteiger partial charge in [-0.2, -0.15) is 0 Å². The third-order valence-electron chi connectivity index (χ3n) is 20.6. The van der Waals surface area contributed by atoms with Crippen molar-refractivity contribution in [2.24, 2.45) is 98.3 Å². The molecule has 7 aliphatic carbocycles. The van der Waals surface area contributed by atoms with Gasteiger partial charge in [0.25, 0.3) is 0 Å². The van der Waals surface area contributed by atoms with E-state index in [2.05, 4.69) is 40.1 Å². The maximum Gasteiger partial charge on any atom is 0.313 e. The van der Waals surface area contributed by atoms with Gasteiger partial charge in [0.2, 0.25) is 0 Å². The second-order valence-corrected chi connectivity index (χ2v) is 24.6. The number of carbonyl (C=O) groups excluding carboxylic acids is 3. The van der Waals surface area contributed by atoms with Gasteiger partial charge in [-0.25, -0.2) is 0 Å². The molecule has 8 aliphatic rings. The Bertz CT molecular complexity index is 2390. The smallest absolute Gasteiger partial charge is 0.313 e. The van der Waals surface area contributed by atoms with Gasteiger partial charge in [0.15, 0.2) is 11.7 Å². The molecule has 1 aromatic heterocycles. The first-order chi connectivity index (χ1) is 34.7. The first-order valence-corrected chi connectivity index (χ1v) is 27.5. The van der Waals surface area contributed by atoms with Crippen LogP contribution in [-0.2, 0) is 19.1 Å². The van der Waals surface area contributed by atoms with Gasteiger partial charge in [0.05, 0.1) is 54.3 Å². The molecule has 9 rings (SSSR count). The summed E-state index contributed by atoms with van der Waals surface area (Å²) in [6, 6.07) is 1.91. The highest BCUT2D eigenvalue weighted by Crippen LogP contribution is 2.73. The molecule has 20 atom stereocenters. The summed E-state index contributed by atoms with van der Waals surface area (Å²) in [5.74, 6) is 1.79. The molecule has 0 amide bonds. The quantitative estimate of drug-likeness (QED) is 0.0471. The van der Waals surface area contributed by atoms with Crippen LogP contribution in [0.25, 0.3) is 0 Å². The zero-order valence-electron chi connectivity index (χ0n) is 43.3. The third kappa shape index (κ3) is 9.32. The van der Waals surface area contributed by atoms with Crippen LogP contribution in [-0.4, -0.2) is 127 Å². The molecule has 4 saturated carbocycles. The fraction of sp³-hybridized carbons (Fsp3) is 0.754. The Balaban J connectivity index is 1.28. The second kappa shape index (κ2) is 20.8. The number of aliphatic hydroxyl groups excluding tert-OH is 5. The topological polar surface area (TPSA) is 294 Å². The predicted molar refractivity (Wildman–Crippen MR) is 272 cm³/mol. The molecule has 16 heteroatoms. The van der Waals surface area contributed by atoms with E-state index in [1.165, 1.54) is 12.5 Å². The van der Waals surface area contributed by atoms with Gasteiger partial charge < -0.3 is 62.3 Å². The number of Topliss-reactive ketones (excluding diaryl/α,β-unsaturated/α-hetero) is 2. The van der Waals surface area contributed by atoms with Crippen LogP contribution in [0.1, 0.15) is 129 Å². The van der Waals surface area contributed by atoms with Gasteiger partial charge in [0.1, 0.15) is 5.78 Å². The third-order valence-corrected chi connectivity index (χ3v) is 20.6. The molecule has 0 spiro atoms. The van der Waals surface area contributed by atoms with E-state index < -0.39 is 81.8 Å². The highest BCUT2D eigenvalue weighted by atomic mass is 16.5. The first kappa shape index (κ1) is 53.7. The number of allylic oxidation sites excluding steroid dienone is 3. The number of aromatic amines is 1. The molecular weight excluding hydrogens is 931 g/mol. The molecule has 73 heavy (non-hydrogen) atoms. The van der Waals surface area contributed by atoms with Gasteiger partial charge in [0, 0.05) is 67.2 Å². The Morgan fingerprint density at radius 3 is 2.45 bits per heavy atom. The molecule has 16 nitrogen and oxygen atoms in total. The van der Waals surface area contributed by atoms with Crippen LogP contribution in [0.5, 0.6) is 0 Å². The molecule has 1 aliphatic heterocycles. The largest absolute Gasteiger partial charge is 0.465 e. The molecular formula is C57H83N5O11. The van der Waals surface area contributed by atoms with Gasteiger partial charge in [-0.15, -0.1) is 0 Å². The SMILES string of the molecule is CC(=O)CNC1=C2[C@H](CC[C@]3(CCN=C(N)N)[C@@H]4[C@@H](C[C@@]23O)[C@@H](CCCO)C#C[C@@H]([C@H]2COC(=O)[C@H]2c2cc[nH]c2)C[C@H]2[C@@H](CC=C3CC[C@@H](C)C[C@@H]32)[C@H](CO)C[C@@H](O)[C@]4(C)O)[C@@]2(C)C[C@H](O)[C@H](O)C[C@H]2C1=O. The number of nitrogens with zero attached hydrogens (tertiary/aromatic N) is 1. The number of nitrogens with one attached hydrogen (secondary N) is 2. The lowest BCUT2D eigenvalue weighted by Gasteiger charge is -2.62. The summed E-state index contributed by atoms with van der Waals surface area (Å²) in [6.45, 7) is 6.85. The number of aliphatic imine (C=N–C) groups is 1. The van der Waals surface area contributed by atoms with E-state index in [0.29, 0.717) is 43.6 Å². The van der Waals surface area contributed by atoms with Crippen molar-refractivity contribution in [3.05, 3.63) is 46.9 Å². The van der Waals surface area contributed by atoms with E-state index in [0.717, 1.165) is 24.8 Å². The molecule has 1 aromatic rings. The zero-order chi connectivity index (χ0) is 52.4. The number of esters is 1. The summed E-state index contributed by atoms with van der Waals surface area (Å²) in [4.78, 5) is 49.5. The number of H-pyrrole nitrogens is 1. The number of guanidine groups is 1. The average molecular weight is 1010 g/mol. The summed E-state index contributed by atoms with van der Waals surface area (Å²) in [5, 5.41) is 89.0. The van der Waals surface area contributed by atoms with E-state index in [1.54, 1.807) is 13.1 Å². The molecule has 0 unspecified atom stereocenters. The number of ether oxygens (including phenoxy) is 1. The minimum absolute atomic E-state index is 0.000931. The number of ketones is 2. The highest BCUT2D eigenvalue weighted by Gasteiger charge is 2.75. The summed E-state index contributed by atoms with van der Waals surface area (Å²) >= 11 is 0. The molecule has 13 N–H and O–H groups in total. The van der Waals surface area contributed by atoms with Crippen LogP contribution < -0.4 is 16.8 Å². The molecule has 0 radical (unpaired) electrons. The van der Waals surface area contributed by atoms with E-state index in [9.17, 15) is 45.3 Å². The number of aliphatic hydroxyl groups is 7. The minimum Gasteiger partial charge on any atom is -0.465 e. The van der Waals surface area contributed by atoms with E-state index >= 15 is 4.79 Å². The summed E-state index contributed by atoms with van der Waals surface area (Å²) in [7, 11) is 0. The Kier molecular flexibility index (Phi) is 15.3. The van der Waals surface area contributed by atoms with Gasteiger partial charge in [-0.3, -0.25) is 19.4 Å². The number of cyclic esters (lactones) is 1. The van der Waals surface area contributed by atoms with E-state index in [1.807, 2.05) is 19.2 Å². The molecule has 0 bridgehead atoms. The number of hydrogen-bond acceptors (Lipinski definition) is 13. The Labute approximate surface area is 430 Å². The van der Waals surface area contributed by atoms with Crippen molar-refractivity contribution >= 4 is 23.5 Å². The number of carbonyl (C=O) groups is 3. The van der Waals surface area contributed by atoms with Crippen molar-refractivity contribution in [1.29, 1.82) is 0 Å². The average Bonchev–Trinajstić information content (AvgIpc) is 4.07. The van der Waals surface area contributed by atoms with Crippen LogP contribution in [0.4, 0.5) is 0 Å². The standard InChI is InChI=1S/C57H83N5O11/c1-30-7-8-33-11-12-37-36(28-64)22-46(68)55(4,71)51-40(32(6-5-19-63)9-10-34(21-39(37)38(33)20-30)41-29-73-52(70)47(41)35-14-17-60-27-35)24-57(72)48-42(13-15-56(51,57)16-18-61-53(58)59)54(3)25-45(67)44(66)23-43(54)50(69)49(48)62-26-31(2)65/h11,14,17,27,30,32,34,36-47,51,60,62-64,66-68,71-72H,5-8,12-13,15-16,18-26,28-29H2,1-4H3,(H4,58,59,61)/t30-,32+,34-,36+,37+,38+,39+,40+,41-,42+,43+,44-,45+,46-,47+,51-,54-,55+,56+,57-/m1/s1. The number of aromatic nitrogens is 1. The molecule has 2 heterocycles. The van der Waals surface area contributed by atoms with Gasteiger partial charge in [-0.1, -0.05) is 37.3 Å². The lowest BCUT2D eigenvalue weighted by Crippen LogP contribution is -2.65. The molecule has 402 valence electrons. The number of nitrogens with two attached hydrogens (primary N) is 2. The van der Waals surface area contributed by atoms with Gasteiger partial charge >= 0.3 is 5.97 Å². The first-order valence-electron chi connectivity index (χ1n) is 27.5. The van der Waals surface area contributed by atoms with Crippen molar-refractivity contribution in [3.63, 3.8) is 0 Å². The predicted octanol–water partition coefficient (Wildman–Crippen LogP) is 3.37. The maximum absolute atomic E-state index is 15.2. The fourth-order valence-electron chi connectivity index (χ4n) is 17.2. The molecule has 1 saturated heterocycles.